The zero-order valence-corrected chi connectivity index (χ0v) is 6.32. The van der Waals surface area contributed by atoms with Crippen LogP contribution in [0.3, 0.4) is 0 Å². The second kappa shape index (κ2) is 2.89. The van der Waals surface area contributed by atoms with E-state index in [-0.39, 0.29) is 11.6 Å². The van der Waals surface area contributed by atoms with Crippen molar-refractivity contribution in [1.82, 2.24) is 15.0 Å². The number of hydrogen-bond acceptors (Lipinski definition) is 5. The molecule has 0 radical (unpaired) electrons. The Kier molecular flexibility index (Phi) is 2.11. The summed E-state index contributed by atoms with van der Waals surface area (Å²) in [6, 6.07) is 0. The topological polar surface area (TPSA) is 98.8 Å². The van der Waals surface area contributed by atoms with Crippen LogP contribution in [-0.4, -0.2) is 23.4 Å². The molecule has 1 aromatic rings. The second-order valence-corrected chi connectivity index (χ2v) is 3.48. The highest BCUT2D eigenvalue weighted by Crippen LogP contribution is 1.91. The van der Waals surface area contributed by atoms with E-state index in [4.69, 9.17) is 5.14 Å². The average Bonchev–Trinajstić information content (AvgIpc) is 1.85. The Balaban J connectivity index is 2.82. The maximum absolute atomic E-state index is 10.5. The van der Waals surface area contributed by atoms with Crippen LogP contribution in [0.1, 0.15) is 5.82 Å². The molecule has 0 saturated heterocycles. The van der Waals surface area contributed by atoms with Gasteiger partial charge in [0, 0.05) is 0 Å². The molecular formula is C4H6N4O2S. The minimum absolute atomic E-state index is 0.155. The fourth-order valence-corrected chi connectivity index (χ4v) is 1.03. The van der Waals surface area contributed by atoms with E-state index in [0.717, 1.165) is 0 Å². The van der Waals surface area contributed by atoms with Crippen molar-refractivity contribution in [3.8, 4) is 0 Å². The van der Waals surface area contributed by atoms with E-state index in [2.05, 4.69) is 15.0 Å². The molecule has 0 aliphatic heterocycles. The highest BCUT2D eigenvalue weighted by atomic mass is 32.2. The number of nitrogens with two attached hydrogens (primary N) is 1. The highest BCUT2D eigenvalue weighted by molar-refractivity contribution is 7.88. The zero-order valence-electron chi connectivity index (χ0n) is 5.51. The average molecular weight is 174 g/mol. The lowest BCUT2D eigenvalue weighted by Crippen LogP contribution is -2.16. The Labute approximate surface area is 63.6 Å². The van der Waals surface area contributed by atoms with Gasteiger partial charge in [0.15, 0.2) is 0 Å². The van der Waals surface area contributed by atoms with Crippen molar-refractivity contribution in [1.29, 1.82) is 0 Å². The van der Waals surface area contributed by atoms with Crippen LogP contribution in [0.15, 0.2) is 12.7 Å². The minimum Gasteiger partial charge on any atom is -0.228 e. The van der Waals surface area contributed by atoms with E-state index < -0.39 is 10.0 Å². The number of rotatable bonds is 2. The third-order valence-electron chi connectivity index (χ3n) is 0.877. The fourth-order valence-electron chi connectivity index (χ4n) is 0.518. The predicted molar refractivity (Wildman–Crippen MR) is 36.6 cm³/mol. The molecule has 0 bridgehead atoms. The summed E-state index contributed by atoms with van der Waals surface area (Å²) < 4.78 is 21.0. The van der Waals surface area contributed by atoms with E-state index in [1.807, 2.05) is 0 Å². The molecule has 2 N–H and O–H groups in total. The van der Waals surface area contributed by atoms with Crippen LogP contribution in [0.25, 0.3) is 0 Å². The molecule has 0 unspecified atom stereocenters. The first kappa shape index (κ1) is 8.02. The van der Waals surface area contributed by atoms with Crippen LogP contribution in [0.2, 0.25) is 0 Å². The summed E-state index contributed by atoms with van der Waals surface area (Å²) in [6.45, 7) is 0. The van der Waals surface area contributed by atoms with E-state index in [0.29, 0.717) is 0 Å². The van der Waals surface area contributed by atoms with Gasteiger partial charge in [-0.05, 0) is 0 Å². The molecule has 0 aromatic carbocycles. The van der Waals surface area contributed by atoms with Gasteiger partial charge >= 0.3 is 0 Å². The second-order valence-electron chi connectivity index (χ2n) is 1.86. The van der Waals surface area contributed by atoms with E-state index in [1.54, 1.807) is 0 Å². The van der Waals surface area contributed by atoms with Gasteiger partial charge in [0.05, 0.1) is 0 Å². The molecule has 1 aromatic heterocycles. The first-order chi connectivity index (χ1) is 5.08. The summed E-state index contributed by atoms with van der Waals surface area (Å²) >= 11 is 0. The SMILES string of the molecule is NS(=O)(=O)Cc1ncncn1. The Morgan fingerprint density at radius 2 is 1.91 bits per heavy atom. The number of primary sulfonamides is 1. The predicted octanol–water partition coefficient (Wildman–Crippen LogP) is -1.34. The van der Waals surface area contributed by atoms with Gasteiger partial charge in [-0.25, -0.2) is 28.5 Å². The first-order valence-corrected chi connectivity index (χ1v) is 4.41. The van der Waals surface area contributed by atoms with Crippen LogP contribution in [0, 0.1) is 0 Å². The molecule has 0 aliphatic rings. The van der Waals surface area contributed by atoms with Crippen molar-refractivity contribution in [2.24, 2.45) is 5.14 Å². The van der Waals surface area contributed by atoms with Crippen LogP contribution < -0.4 is 5.14 Å². The molecule has 11 heavy (non-hydrogen) atoms. The summed E-state index contributed by atoms with van der Waals surface area (Å²) in [5.74, 6) is -0.197. The van der Waals surface area contributed by atoms with E-state index in [1.165, 1.54) is 12.7 Å². The van der Waals surface area contributed by atoms with Crippen molar-refractivity contribution in [2.75, 3.05) is 0 Å². The summed E-state index contributed by atoms with van der Waals surface area (Å²) in [6.07, 6.45) is 2.43. The highest BCUT2D eigenvalue weighted by Gasteiger charge is 2.05. The molecule has 0 saturated carbocycles. The molecule has 0 aliphatic carbocycles. The molecule has 1 heterocycles. The monoisotopic (exact) mass is 174 g/mol. The Morgan fingerprint density at radius 3 is 2.36 bits per heavy atom. The van der Waals surface area contributed by atoms with Gasteiger partial charge < -0.3 is 0 Å². The van der Waals surface area contributed by atoms with E-state index >= 15 is 0 Å². The number of nitrogens with zero attached hydrogens (tertiary/aromatic N) is 3. The maximum atomic E-state index is 10.5. The number of aromatic nitrogens is 3. The molecule has 0 spiro atoms. The van der Waals surface area contributed by atoms with Gasteiger partial charge in [-0.2, -0.15) is 0 Å². The molecule has 1 rings (SSSR count). The van der Waals surface area contributed by atoms with E-state index in [9.17, 15) is 8.42 Å². The summed E-state index contributed by atoms with van der Waals surface area (Å²) in [5, 5.41) is 4.74. The first-order valence-electron chi connectivity index (χ1n) is 2.69. The third-order valence-corrected chi connectivity index (χ3v) is 1.54. The number of sulfonamides is 1. The van der Waals surface area contributed by atoms with Gasteiger partial charge in [0.2, 0.25) is 10.0 Å². The molecular weight excluding hydrogens is 168 g/mol. The maximum Gasteiger partial charge on any atom is 0.216 e. The Hall–Kier alpha value is -1.08. The molecule has 0 atom stereocenters. The van der Waals surface area contributed by atoms with Crippen molar-refractivity contribution < 1.29 is 8.42 Å². The summed E-state index contributed by atoms with van der Waals surface area (Å²) in [5.41, 5.74) is 0. The fraction of sp³-hybridized carbons (Fsp3) is 0.250. The Morgan fingerprint density at radius 1 is 1.36 bits per heavy atom. The molecule has 0 fully saturated rings. The van der Waals surface area contributed by atoms with Crippen molar-refractivity contribution in [3.05, 3.63) is 18.5 Å². The Bertz CT molecular complexity index is 321. The van der Waals surface area contributed by atoms with Crippen LogP contribution in [0.4, 0.5) is 0 Å². The van der Waals surface area contributed by atoms with Crippen molar-refractivity contribution >= 4 is 10.0 Å². The quantitative estimate of drug-likeness (QED) is 0.598. The standard InChI is InChI=1S/C4H6N4O2S/c5-11(9,10)1-4-7-2-6-3-8-4/h2-3H,1H2,(H2,5,9,10). The number of hydrogen-bond donors (Lipinski definition) is 1. The van der Waals surface area contributed by atoms with Gasteiger partial charge in [-0.3, -0.25) is 0 Å². The van der Waals surface area contributed by atoms with Crippen LogP contribution in [-0.2, 0) is 15.8 Å². The normalized spacial score (nSPS) is 11.4. The van der Waals surface area contributed by atoms with Crippen molar-refractivity contribution in [2.45, 2.75) is 5.75 Å². The third kappa shape index (κ3) is 3.01. The van der Waals surface area contributed by atoms with Crippen molar-refractivity contribution in [3.63, 3.8) is 0 Å². The largest absolute Gasteiger partial charge is 0.228 e. The lowest BCUT2D eigenvalue weighted by Gasteiger charge is -1.93. The molecule has 6 nitrogen and oxygen atoms in total. The van der Waals surface area contributed by atoms with Gasteiger partial charge in [0.25, 0.3) is 0 Å². The summed E-state index contributed by atoms with van der Waals surface area (Å²) in [7, 11) is -3.53. The zero-order chi connectivity index (χ0) is 8.32. The van der Waals surface area contributed by atoms with Gasteiger partial charge in [0.1, 0.15) is 24.2 Å². The van der Waals surface area contributed by atoms with Gasteiger partial charge in [-0.1, -0.05) is 0 Å². The molecule has 0 amide bonds. The molecule has 60 valence electrons. The van der Waals surface area contributed by atoms with Gasteiger partial charge in [-0.15, -0.1) is 0 Å². The smallest absolute Gasteiger partial charge is 0.216 e. The lowest BCUT2D eigenvalue weighted by molar-refractivity contribution is 0.595. The van der Waals surface area contributed by atoms with Crippen LogP contribution in [0.5, 0.6) is 0 Å². The summed E-state index contributed by atoms with van der Waals surface area (Å²) in [4.78, 5) is 10.7. The lowest BCUT2D eigenvalue weighted by atomic mass is 10.7. The van der Waals surface area contributed by atoms with Crippen LogP contribution >= 0.6 is 0 Å². The molecule has 7 heteroatoms. The minimum atomic E-state index is -3.53.